The average Bonchev–Trinajstić information content (AvgIpc) is 2.71. The van der Waals surface area contributed by atoms with Crippen molar-refractivity contribution in [2.75, 3.05) is 13.1 Å². The Morgan fingerprint density at radius 1 is 1.28 bits per heavy atom. The van der Waals surface area contributed by atoms with Crippen LogP contribution in [0.2, 0.25) is 0 Å². The average molecular weight is 399 g/mol. The van der Waals surface area contributed by atoms with Crippen LogP contribution in [0, 0.1) is 6.92 Å². The largest absolute Gasteiger partial charge is 0.393 e. The molecule has 2 saturated heterocycles. The van der Waals surface area contributed by atoms with Crippen molar-refractivity contribution in [3.63, 3.8) is 0 Å². The summed E-state index contributed by atoms with van der Waals surface area (Å²) in [6.45, 7) is 5.01. The molecule has 2 aliphatic rings. The second kappa shape index (κ2) is 7.88. The Bertz CT molecular complexity index is 962. The first-order chi connectivity index (χ1) is 13.9. The number of carbonyl (C=O) groups excluding carboxylic acids is 1. The highest BCUT2D eigenvalue weighted by Crippen LogP contribution is 2.38. The first kappa shape index (κ1) is 20.0. The molecule has 0 unspecified atom stereocenters. The highest BCUT2D eigenvalue weighted by Gasteiger charge is 2.43. The van der Waals surface area contributed by atoms with Gasteiger partial charge in [0.1, 0.15) is 6.54 Å². The Kier molecular flexibility index (Phi) is 5.44. The molecule has 2 aliphatic heterocycles. The van der Waals surface area contributed by atoms with E-state index in [0.29, 0.717) is 44.2 Å². The smallest absolute Gasteiger partial charge is 0.275 e. The standard InChI is InChI=1S/C22H29N3O4/c1-3-17-12-16(26)13-22(29-17)8-10-24(11-9-22)20(27)14-25-21(28)19-7-5-4-6-18(19)15(2)23-25/h4-7,16-17,26H,3,8-14H2,1-2H3/t16-,17+/m1/s1. The fourth-order valence-electron chi connectivity index (χ4n) is 4.74. The number of amides is 1. The predicted molar refractivity (Wildman–Crippen MR) is 110 cm³/mol. The maximum absolute atomic E-state index is 12.9. The molecule has 2 aromatic rings. The number of aliphatic hydroxyl groups is 1. The first-order valence-electron chi connectivity index (χ1n) is 10.5. The molecular formula is C22H29N3O4. The molecule has 2 atom stereocenters. The van der Waals surface area contributed by atoms with Crippen LogP contribution in [0.25, 0.3) is 10.8 Å². The van der Waals surface area contributed by atoms with Crippen LogP contribution in [0.5, 0.6) is 0 Å². The highest BCUT2D eigenvalue weighted by atomic mass is 16.5. The highest BCUT2D eigenvalue weighted by molar-refractivity contribution is 5.83. The molecule has 0 aliphatic carbocycles. The van der Waals surface area contributed by atoms with Gasteiger partial charge in [-0.2, -0.15) is 5.10 Å². The number of carbonyl (C=O) groups is 1. The van der Waals surface area contributed by atoms with Gasteiger partial charge in [-0.3, -0.25) is 9.59 Å². The summed E-state index contributed by atoms with van der Waals surface area (Å²) in [6.07, 6.45) is 3.39. The van der Waals surface area contributed by atoms with Crippen LogP contribution < -0.4 is 5.56 Å². The maximum Gasteiger partial charge on any atom is 0.275 e. The molecule has 1 aromatic carbocycles. The number of benzene rings is 1. The Morgan fingerprint density at radius 3 is 2.66 bits per heavy atom. The first-order valence-corrected chi connectivity index (χ1v) is 10.5. The number of fused-ring (bicyclic) bond motifs is 1. The van der Waals surface area contributed by atoms with Crippen molar-refractivity contribution in [1.82, 2.24) is 14.7 Å². The quantitative estimate of drug-likeness (QED) is 0.854. The summed E-state index contributed by atoms with van der Waals surface area (Å²) in [4.78, 5) is 27.4. The van der Waals surface area contributed by atoms with Crippen LogP contribution >= 0.6 is 0 Å². The molecule has 1 amide bonds. The second-order valence-corrected chi connectivity index (χ2v) is 8.40. The zero-order valence-corrected chi connectivity index (χ0v) is 17.1. The van der Waals surface area contributed by atoms with Crippen molar-refractivity contribution in [1.29, 1.82) is 0 Å². The third-order valence-electron chi connectivity index (χ3n) is 6.38. The van der Waals surface area contributed by atoms with Crippen LogP contribution in [0.1, 0.15) is 44.7 Å². The SMILES string of the molecule is CC[C@H]1C[C@@H](O)CC2(CCN(C(=O)Cn3nc(C)c4ccccc4c3=O)CC2)O1. The Hall–Kier alpha value is -2.25. The van der Waals surface area contributed by atoms with Crippen molar-refractivity contribution in [2.45, 2.75) is 70.3 Å². The minimum atomic E-state index is -0.334. The van der Waals surface area contributed by atoms with E-state index in [4.69, 9.17) is 4.74 Å². The summed E-state index contributed by atoms with van der Waals surface area (Å²) >= 11 is 0. The van der Waals surface area contributed by atoms with Crippen LogP contribution in [0.15, 0.2) is 29.1 Å². The van der Waals surface area contributed by atoms with E-state index in [2.05, 4.69) is 12.0 Å². The number of aliphatic hydroxyl groups excluding tert-OH is 1. The molecule has 4 rings (SSSR count). The van der Waals surface area contributed by atoms with E-state index in [1.165, 1.54) is 4.68 Å². The number of likely N-dealkylation sites (tertiary alicyclic amines) is 1. The lowest BCUT2D eigenvalue weighted by Gasteiger charge is -2.47. The van der Waals surface area contributed by atoms with E-state index in [1.807, 2.05) is 25.1 Å². The Morgan fingerprint density at radius 2 is 1.97 bits per heavy atom. The number of ether oxygens (including phenoxy) is 1. The molecule has 0 bridgehead atoms. The van der Waals surface area contributed by atoms with Crippen molar-refractivity contribution < 1.29 is 14.6 Å². The van der Waals surface area contributed by atoms with E-state index >= 15 is 0 Å². The summed E-state index contributed by atoms with van der Waals surface area (Å²) in [7, 11) is 0. The summed E-state index contributed by atoms with van der Waals surface area (Å²) in [6, 6.07) is 7.34. The number of aromatic nitrogens is 2. The van der Waals surface area contributed by atoms with Gasteiger partial charge in [-0.25, -0.2) is 4.68 Å². The van der Waals surface area contributed by atoms with Crippen molar-refractivity contribution in [3.05, 3.63) is 40.3 Å². The number of rotatable bonds is 3. The van der Waals surface area contributed by atoms with Gasteiger partial charge in [0.25, 0.3) is 5.56 Å². The van der Waals surface area contributed by atoms with Crippen LogP contribution in [-0.4, -0.2) is 56.6 Å². The van der Waals surface area contributed by atoms with Gasteiger partial charge < -0.3 is 14.7 Å². The zero-order chi connectivity index (χ0) is 20.6. The van der Waals surface area contributed by atoms with Crippen molar-refractivity contribution >= 4 is 16.7 Å². The number of aryl methyl sites for hydroxylation is 1. The summed E-state index contributed by atoms with van der Waals surface area (Å²) in [5.41, 5.74) is 0.169. The van der Waals surface area contributed by atoms with Gasteiger partial charge in [0, 0.05) is 24.9 Å². The summed E-state index contributed by atoms with van der Waals surface area (Å²) in [5, 5.41) is 16.0. The van der Waals surface area contributed by atoms with Crippen LogP contribution in [0.4, 0.5) is 0 Å². The van der Waals surface area contributed by atoms with Gasteiger partial charge in [-0.1, -0.05) is 25.1 Å². The zero-order valence-electron chi connectivity index (χ0n) is 17.1. The van der Waals surface area contributed by atoms with Crippen LogP contribution in [-0.2, 0) is 16.1 Å². The molecule has 1 N–H and O–H groups in total. The predicted octanol–water partition coefficient (Wildman–Crippen LogP) is 2.02. The summed E-state index contributed by atoms with van der Waals surface area (Å²) < 4.78 is 7.57. The molecule has 29 heavy (non-hydrogen) atoms. The van der Waals surface area contributed by atoms with E-state index < -0.39 is 0 Å². The topological polar surface area (TPSA) is 84.7 Å². The van der Waals surface area contributed by atoms with E-state index in [0.717, 1.165) is 17.5 Å². The lowest BCUT2D eigenvalue weighted by atomic mass is 9.81. The molecule has 1 aromatic heterocycles. The number of hydrogen-bond donors (Lipinski definition) is 1. The minimum Gasteiger partial charge on any atom is -0.393 e. The third kappa shape index (κ3) is 3.94. The second-order valence-electron chi connectivity index (χ2n) is 8.40. The van der Waals surface area contributed by atoms with E-state index in [1.54, 1.807) is 11.0 Å². The van der Waals surface area contributed by atoms with Gasteiger partial charge in [0.2, 0.25) is 5.91 Å². The number of piperidine rings is 1. The normalized spacial score (nSPS) is 24.2. The third-order valence-corrected chi connectivity index (χ3v) is 6.38. The lowest BCUT2D eigenvalue weighted by molar-refractivity contribution is -0.184. The Balaban J connectivity index is 1.45. The van der Waals surface area contributed by atoms with Gasteiger partial charge in [-0.05, 0) is 38.7 Å². The monoisotopic (exact) mass is 399 g/mol. The molecule has 7 nitrogen and oxygen atoms in total. The number of hydrogen-bond acceptors (Lipinski definition) is 5. The number of nitrogens with zero attached hydrogens (tertiary/aromatic N) is 3. The molecular weight excluding hydrogens is 370 g/mol. The van der Waals surface area contributed by atoms with Gasteiger partial charge in [0.05, 0.1) is 28.9 Å². The van der Waals surface area contributed by atoms with Gasteiger partial charge in [0.15, 0.2) is 0 Å². The minimum absolute atomic E-state index is 0.0570. The molecule has 1 spiro atoms. The fraction of sp³-hybridized carbons (Fsp3) is 0.591. The molecule has 2 fully saturated rings. The maximum atomic E-state index is 12.9. The fourth-order valence-corrected chi connectivity index (χ4v) is 4.74. The summed E-state index contributed by atoms with van der Waals surface area (Å²) in [5.74, 6) is -0.104. The van der Waals surface area contributed by atoms with Gasteiger partial charge in [-0.15, -0.1) is 0 Å². The lowest BCUT2D eigenvalue weighted by Crippen LogP contribution is -2.54. The van der Waals surface area contributed by atoms with Gasteiger partial charge >= 0.3 is 0 Å². The molecule has 0 radical (unpaired) electrons. The van der Waals surface area contributed by atoms with Crippen molar-refractivity contribution in [3.8, 4) is 0 Å². The molecule has 3 heterocycles. The van der Waals surface area contributed by atoms with Crippen LogP contribution in [0.3, 0.4) is 0 Å². The van der Waals surface area contributed by atoms with E-state index in [-0.39, 0.29) is 35.8 Å². The van der Waals surface area contributed by atoms with Crippen molar-refractivity contribution in [2.24, 2.45) is 0 Å². The molecule has 156 valence electrons. The Labute approximate surface area is 170 Å². The molecule has 0 saturated carbocycles. The molecule has 7 heteroatoms. The van der Waals surface area contributed by atoms with E-state index in [9.17, 15) is 14.7 Å².